The van der Waals surface area contributed by atoms with E-state index in [0.29, 0.717) is 22.6 Å². The third-order valence-electron chi connectivity index (χ3n) is 6.63. The summed E-state index contributed by atoms with van der Waals surface area (Å²) in [5.74, 6) is 1.22. The van der Waals surface area contributed by atoms with Gasteiger partial charge in [0.05, 0.1) is 24.8 Å². The van der Waals surface area contributed by atoms with E-state index in [-0.39, 0.29) is 11.9 Å². The summed E-state index contributed by atoms with van der Waals surface area (Å²) in [5.41, 5.74) is 12.7. The Morgan fingerprint density at radius 3 is 2.62 bits per heavy atom. The van der Waals surface area contributed by atoms with Crippen LogP contribution >= 0.6 is 0 Å². The first-order valence-corrected chi connectivity index (χ1v) is 11.4. The number of ether oxygens (including phenoxy) is 1. The summed E-state index contributed by atoms with van der Waals surface area (Å²) in [4.78, 5) is 12.0. The molecule has 2 aromatic carbocycles. The smallest absolute Gasteiger partial charge is 0.138 e. The predicted molar refractivity (Wildman–Crippen MR) is 127 cm³/mol. The Morgan fingerprint density at radius 2 is 1.84 bits per heavy atom. The van der Waals surface area contributed by atoms with Crippen LogP contribution in [0.2, 0.25) is 0 Å². The Kier molecular flexibility index (Phi) is 5.37. The van der Waals surface area contributed by atoms with Crippen LogP contribution in [0, 0.1) is 19.7 Å². The van der Waals surface area contributed by atoms with Gasteiger partial charge in [0, 0.05) is 35.4 Å². The Hall–Kier alpha value is -2.93. The van der Waals surface area contributed by atoms with Crippen molar-refractivity contribution in [3.05, 3.63) is 52.1 Å². The lowest BCUT2D eigenvalue weighted by atomic mass is 10.0. The van der Waals surface area contributed by atoms with E-state index in [1.807, 2.05) is 13.8 Å². The zero-order valence-corrected chi connectivity index (χ0v) is 19.0. The summed E-state index contributed by atoms with van der Waals surface area (Å²) in [6, 6.07) is 5.29. The number of morpholine rings is 1. The molecule has 1 fully saturated rings. The van der Waals surface area contributed by atoms with Crippen LogP contribution in [0.5, 0.6) is 0 Å². The third-order valence-corrected chi connectivity index (χ3v) is 6.63. The van der Waals surface area contributed by atoms with Gasteiger partial charge in [-0.1, -0.05) is 0 Å². The van der Waals surface area contributed by atoms with E-state index in [1.54, 1.807) is 19.1 Å². The van der Waals surface area contributed by atoms with Gasteiger partial charge in [0.25, 0.3) is 0 Å². The van der Waals surface area contributed by atoms with Gasteiger partial charge in [0.15, 0.2) is 0 Å². The molecule has 1 aliphatic heterocycles. The number of hydrogen-bond donors (Lipinski definition) is 2. The van der Waals surface area contributed by atoms with Gasteiger partial charge in [-0.15, -0.1) is 0 Å². The van der Waals surface area contributed by atoms with Crippen LogP contribution in [-0.4, -0.2) is 36.3 Å². The summed E-state index contributed by atoms with van der Waals surface area (Å²) >= 11 is 0. The molecule has 3 N–H and O–H groups in total. The molecule has 32 heavy (non-hydrogen) atoms. The van der Waals surface area contributed by atoms with Gasteiger partial charge in [0.2, 0.25) is 0 Å². The number of nitrogens with two attached hydrogens (primary N) is 1. The molecule has 0 spiro atoms. The molecule has 7 heteroatoms. The average Bonchev–Trinajstić information content (AvgIpc) is 3.26. The molecule has 1 aromatic heterocycles. The van der Waals surface area contributed by atoms with E-state index < -0.39 is 0 Å². The fourth-order valence-electron chi connectivity index (χ4n) is 5.08. The van der Waals surface area contributed by atoms with Crippen LogP contribution in [0.4, 0.5) is 21.6 Å². The van der Waals surface area contributed by atoms with E-state index in [4.69, 9.17) is 20.4 Å². The molecule has 1 atom stereocenters. The van der Waals surface area contributed by atoms with Gasteiger partial charge in [0.1, 0.15) is 17.5 Å². The fourth-order valence-corrected chi connectivity index (χ4v) is 5.08. The van der Waals surface area contributed by atoms with Crippen molar-refractivity contribution in [3.63, 3.8) is 0 Å². The summed E-state index contributed by atoms with van der Waals surface area (Å²) in [5, 5.41) is 4.46. The molecular weight excluding hydrogens is 405 g/mol. The lowest BCUT2D eigenvalue weighted by Gasteiger charge is -2.31. The highest BCUT2D eigenvalue weighted by molar-refractivity contribution is 5.96. The number of anilines is 3. The maximum Gasteiger partial charge on any atom is 0.138 e. The van der Waals surface area contributed by atoms with Gasteiger partial charge in [-0.05, 0) is 74.9 Å². The number of hydrogen-bond acceptors (Lipinski definition) is 6. The normalized spacial score (nSPS) is 16.9. The van der Waals surface area contributed by atoms with Gasteiger partial charge >= 0.3 is 0 Å². The number of nitrogens with zero attached hydrogens (tertiary/aromatic N) is 3. The maximum absolute atomic E-state index is 14.9. The Bertz CT molecular complexity index is 1190. The number of nitrogens with one attached hydrogen (secondary N) is 1. The number of aromatic nitrogens is 2. The van der Waals surface area contributed by atoms with Crippen LogP contribution in [0.25, 0.3) is 10.9 Å². The molecule has 0 saturated carbocycles. The highest BCUT2D eigenvalue weighted by Crippen LogP contribution is 2.40. The molecule has 3 aromatic rings. The highest BCUT2D eigenvalue weighted by atomic mass is 19.1. The minimum atomic E-state index is -0.296. The van der Waals surface area contributed by atoms with E-state index in [1.165, 1.54) is 16.8 Å². The second-order valence-corrected chi connectivity index (χ2v) is 8.93. The first kappa shape index (κ1) is 20.9. The molecule has 0 amide bonds. The van der Waals surface area contributed by atoms with Gasteiger partial charge in [-0.3, -0.25) is 0 Å². The molecule has 5 rings (SSSR count). The Balaban J connectivity index is 1.62. The zero-order valence-electron chi connectivity index (χ0n) is 19.0. The summed E-state index contributed by atoms with van der Waals surface area (Å²) < 4.78 is 20.4. The number of fused-ring (bicyclic) bond motifs is 3. The monoisotopic (exact) mass is 435 g/mol. The second-order valence-electron chi connectivity index (χ2n) is 8.93. The van der Waals surface area contributed by atoms with E-state index in [9.17, 15) is 4.39 Å². The number of aryl methyl sites for hydroxylation is 3. The van der Waals surface area contributed by atoms with Crippen molar-refractivity contribution in [1.29, 1.82) is 0 Å². The molecule has 2 aliphatic rings. The van der Waals surface area contributed by atoms with Crippen molar-refractivity contribution < 1.29 is 9.13 Å². The van der Waals surface area contributed by atoms with Crippen LogP contribution in [0.15, 0.2) is 18.2 Å². The van der Waals surface area contributed by atoms with Crippen molar-refractivity contribution >= 4 is 28.1 Å². The van der Waals surface area contributed by atoms with Gasteiger partial charge < -0.3 is 20.7 Å². The number of halogens is 1. The van der Waals surface area contributed by atoms with Crippen molar-refractivity contribution in [2.24, 2.45) is 0 Å². The van der Waals surface area contributed by atoms with Crippen molar-refractivity contribution in [1.82, 2.24) is 9.97 Å². The third kappa shape index (κ3) is 3.64. The molecule has 1 saturated heterocycles. The van der Waals surface area contributed by atoms with Gasteiger partial charge in [-0.2, -0.15) is 0 Å². The molecule has 0 radical (unpaired) electrons. The summed E-state index contributed by atoms with van der Waals surface area (Å²) in [6.45, 7) is 8.86. The SMILES string of the molecule is Cc1nc(N[C@H](C)c2cc(N)cc(C)c2F)c2cc(N3CCOCC3)c3c(c2n1)CCC3. The molecule has 168 valence electrons. The first-order valence-electron chi connectivity index (χ1n) is 11.4. The summed E-state index contributed by atoms with van der Waals surface area (Å²) in [6.07, 6.45) is 3.24. The minimum Gasteiger partial charge on any atom is -0.399 e. The van der Waals surface area contributed by atoms with Crippen LogP contribution in [0.3, 0.4) is 0 Å². The maximum atomic E-state index is 14.9. The van der Waals surface area contributed by atoms with E-state index >= 15 is 0 Å². The largest absolute Gasteiger partial charge is 0.399 e. The quantitative estimate of drug-likeness (QED) is 0.589. The van der Waals surface area contributed by atoms with Crippen molar-refractivity contribution in [3.8, 4) is 0 Å². The lowest BCUT2D eigenvalue weighted by Crippen LogP contribution is -2.36. The number of benzene rings is 2. The number of nitrogen functional groups attached to an aromatic ring is 1. The second kappa shape index (κ2) is 8.20. The number of rotatable bonds is 4. The van der Waals surface area contributed by atoms with Crippen LogP contribution < -0.4 is 16.0 Å². The standard InChI is InChI=1S/C25H30FN5O/c1-14-11-17(27)12-20(23(14)26)15(2)28-25-21-13-22(31-7-9-32-10-8-31)18-5-4-6-19(18)24(21)29-16(3)30-25/h11-13,15H,4-10,27H2,1-3H3,(H,28,29,30)/t15-/m1/s1. The molecule has 2 heterocycles. The van der Waals surface area contributed by atoms with E-state index in [0.717, 1.165) is 62.3 Å². The molecule has 0 unspecified atom stereocenters. The Morgan fingerprint density at radius 1 is 1.09 bits per heavy atom. The van der Waals surface area contributed by atoms with Crippen LogP contribution in [-0.2, 0) is 17.6 Å². The summed E-state index contributed by atoms with van der Waals surface area (Å²) in [7, 11) is 0. The average molecular weight is 436 g/mol. The molecule has 6 nitrogen and oxygen atoms in total. The lowest BCUT2D eigenvalue weighted by molar-refractivity contribution is 0.122. The Labute approximate surface area is 188 Å². The fraction of sp³-hybridized carbons (Fsp3) is 0.440. The molecular formula is C25H30FN5O. The van der Waals surface area contributed by atoms with Crippen LogP contribution in [0.1, 0.15) is 47.5 Å². The van der Waals surface area contributed by atoms with Crippen molar-refractivity contribution in [2.45, 2.75) is 46.1 Å². The minimum absolute atomic E-state index is 0.232. The predicted octanol–water partition coefficient (Wildman–Crippen LogP) is 4.47. The van der Waals surface area contributed by atoms with Crippen molar-refractivity contribution in [2.75, 3.05) is 42.3 Å². The van der Waals surface area contributed by atoms with Gasteiger partial charge in [-0.25, -0.2) is 14.4 Å². The first-order chi connectivity index (χ1) is 15.4. The zero-order chi connectivity index (χ0) is 22.4. The molecule has 1 aliphatic carbocycles. The van der Waals surface area contributed by atoms with E-state index in [2.05, 4.69) is 16.3 Å². The topological polar surface area (TPSA) is 76.3 Å². The highest BCUT2D eigenvalue weighted by Gasteiger charge is 2.26. The molecule has 0 bridgehead atoms.